The van der Waals surface area contributed by atoms with Crippen molar-refractivity contribution in [1.82, 2.24) is 0 Å². The molecule has 0 fully saturated rings. The van der Waals surface area contributed by atoms with Gasteiger partial charge in [-0.25, -0.2) is 0 Å². The minimum atomic E-state index is -0.950. The molecule has 2 unspecified atom stereocenters. The molecular weight excluding hydrogens is 250 g/mol. The lowest BCUT2D eigenvalue weighted by Gasteiger charge is -2.35. The molecule has 2 N–H and O–H groups in total. The Morgan fingerprint density at radius 2 is 2.06 bits per heavy atom. The van der Waals surface area contributed by atoms with E-state index in [0.717, 1.165) is 5.56 Å². The predicted molar refractivity (Wildman–Crippen MR) is 72.0 cm³/mol. The minimum Gasteiger partial charge on any atom is -0.348 e. The zero-order valence-electron chi connectivity index (χ0n) is 10.2. The first-order valence-corrected chi connectivity index (χ1v) is 6.09. The van der Waals surface area contributed by atoms with E-state index >= 15 is 0 Å². The van der Waals surface area contributed by atoms with E-state index < -0.39 is 11.8 Å². The summed E-state index contributed by atoms with van der Waals surface area (Å²) >= 11 is 5.90. The molecule has 0 saturated carbocycles. The van der Waals surface area contributed by atoms with Crippen molar-refractivity contribution in [3.8, 4) is 0 Å². The normalized spacial score (nSPS) is 27.1. The summed E-state index contributed by atoms with van der Waals surface area (Å²) in [6, 6.07) is 9.44. The maximum atomic E-state index is 6.02. The molecule has 0 radical (unpaired) electrons. The lowest BCUT2D eigenvalue weighted by atomic mass is 10.0. The third-order valence-electron chi connectivity index (χ3n) is 2.90. The number of ether oxygens (including phenoxy) is 2. The Bertz CT molecular complexity index is 458. The number of nitrogens with two attached hydrogens (primary N) is 1. The first-order chi connectivity index (χ1) is 8.66. The van der Waals surface area contributed by atoms with Crippen LogP contribution in [-0.2, 0) is 16.1 Å². The molecule has 18 heavy (non-hydrogen) atoms. The first-order valence-electron chi connectivity index (χ1n) is 5.71. The Balaban J connectivity index is 2.08. The number of hydrogen-bond acceptors (Lipinski definition) is 3. The number of hydrogen-bond donors (Lipinski definition) is 1. The summed E-state index contributed by atoms with van der Waals surface area (Å²) in [7, 11) is 1.57. The molecule has 0 aliphatic heterocycles. The van der Waals surface area contributed by atoms with Crippen LogP contribution in [0.15, 0.2) is 53.6 Å². The highest BCUT2D eigenvalue weighted by atomic mass is 35.5. The number of halogens is 1. The molecular formula is C14H16ClNO2. The average Bonchev–Trinajstić information content (AvgIpc) is 2.40. The Morgan fingerprint density at radius 3 is 2.67 bits per heavy atom. The van der Waals surface area contributed by atoms with E-state index in [0.29, 0.717) is 11.6 Å². The van der Waals surface area contributed by atoms with Gasteiger partial charge in [-0.05, 0) is 23.8 Å². The van der Waals surface area contributed by atoms with Gasteiger partial charge in [0.25, 0.3) is 0 Å². The molecule has 0 heterocycles. The number of allylic oxidation sites excluding steroid dienone is 2. The van der Waals surface area contributed by atoms with Gasteiger partial charge in [-0.3, -0.25) is 0 Å². The standard InChI is InChI=1S/C14H16ClNO2/c1-17-14(8-7-12(15)9-13(14)16)18-10-11-5-3-2-4-6-11/h2-9,13H,10,16H2,1H3. The Labute approximate surface area is 112 Å². The summed E-state index contributed by atoms with van der Waals surface area (Å²) in [4.78, 5) is 0. The second kappa shape index (κ2) is 5.67. The van der Waals surface area contributed by atoms with Gasteiger partial charge in [0.05, 0.1) is 12.6 Å². The Kier molecular flexibility index (Phi) is 4.19. The van der Waals surface area contributed by atoms with Crippen molar-refractivity contribution >= 4 is 11.6 Å². The molecule has 0 amide bonds. The van der Waals surface area contributed by atoms with Gasteiger partial charge in [0.1, 0.15) is 0 Å². The van der Waals surface area contributed by atoms with Crippen molar-refractivity contribution in [1.29, 1.82) is 0 Å². The van der Waals surface area contributed by atoms with E-state index in [-0.39, 0.29) is 0 Å². The van der Waals surface area contributed by atoms with Crippen LogP contribution in [0.2, 0.25) is 0 Å². The summed E-state index contributed by atoms with van der Waals surface area (Å²) in [6.07, 6.45) is 5.21. The molecule has 1 aliphatic carbocycles. The fraction of sp³-hybridized carbons (Fsp3) is 0.286. The molecule has 1 aliphatic rings. The van der Waals surface area contributed by atoms with Crippen molar-refractivity contribution in [3.05, 3.63) is 59.2 Å². The van der Waals surface area contributed by atoms with Crippen LogP contribution in [0.25, 0.3) is 0 Å². The van der Waals surface area contributed by atoms with Gasteiger partial charge < -0.3 is 15.2 Å². The van der Waals surface area contributed by atoms with Crippen molar-refractivity contribution in [2.75, 3.05) is 7.11 Å². The third kappa shape index (κ3) is 2.82. The zero-order chi connectivity index (χ0) is 13.0. The van der Waals surface area contributed by atoms with Gasteiger partial charge >= 0.3 is 0 Å². The van der Waals surface area contributed by atoms with E-state index in [1.165, 1.54) is 0 Å². The zero-order valence-corrected chi connectivity index (χ0v) is 10.9. The van der Waals surface area contributed by atoms with Crippen LogP contribution in [0.4, 0.5) is 0 Å². The van der Waals surface area contributed by atoms with Gasteiger partial charge in [0.2, 0.25) is 5.79 Å². The van der Waals surface area contributed by atoms with Gasteiger partial charge in [-0.15, -0.1) is 0 Å². The molecule has 2 atom stereocenters. The van der Waals surface area contributed by atoms with E-state index in [9.17, 15) is 0 Å². The third-order valence-corrected chi connectivity index (χ3v) is 3.16. The number of methoxy groups -OCH3 is 1. The second-order valence-electron chi connectivity index (χ2n) is 4.11. The number of benzene rings is 1. The number of rotatable bonds is 4. The van der Waals surface area contributed by atoms with Gasteiger partial charge in [-0.1, -0.05) is 41.9 Å². The molecule has 1 aromatic rings. The highest BCUT2D eigenvalue weighted by Gasteiger charge is 2.36. The van der Waals surface area contributed by atoms with Crippen LogP contribution in [0, 0.1) is 0 Å². The van der Waals surface area contributed by atoms with Crippen LogP contribution in [-0.4, -0.2) is 18.9 Å². The highest BCUT2D eigenvalue weighted by molar-refractivity contribution is 6.31. The molecule has 0 saturated heterocycles. The van der Waals surface area contributed by atoms with Crippen molar-refractivity contribution < 1.29 is 9.47 Å². The van der Waals surface area contributed by atoms with E-state index in [2.05, 4.69) is 0 Å². The van der Waals surface area contributed by atoms with E-state index in [4.69, 9.17) is 26.8 Å². The molecule has 0 spiro atoms. The maximum Gasteiger partial charge on any atom is 0.207 e. The van der Waals surface area contributed by atoms with Crippen LogP contribution < -0.4 is 5.73 Å². The van der Waals surface area contributed by atoms with Crippen LogP contribution >= 0.6 is 11.6 Å². The second-order valence-corrected chi connectivity index (χ2v) is 4.55. The van der Waals surface area contributed by atoms with Crippen molar-refractivity contribution in [3.63, 3.8) is 0 Å². The summed E-state index contributed by atoms with van der Waals surface area (Å²) in [5.41, 5.74) is 7.08. The average molecular weight is 266 g/mol. The van der Waals surface area contributed by atoms with Gasteiger partial charge in [0, 0.05) is 12.1 Å². The smallest absolute Gasteiger partial charge is 0.207 e. The van der Waals surface area contributed by atoms with E-state index in [1.54, 1.807) is 25.3 Å². The van der Waals surface area contributed by atoms with Crippen molar-refractivity contribution in [2.45, 2.75) is 18.4 Å². The molecule has 0 aromatic heterocycles. The molecule has 3 nitrogen and oxygen atoms in total. The fourth-order valence-corrected chi connectivity index (χ4v) is 2.03. The SMILES string of the molecule is COC1(OCc2ccccc2)C=CC(Cl)=CC1N. The first kappa shape index (κ1) is 13.3. The van der Waals surface area contributed by atoms with Crippen LogP contribution in [0.1, 0.15) is 5.56 Å². The maximum absolute atomic E-state index is 6.02. The molecule has 1 aromatic carbocycles. The van der Waals surface area contributed by atoms with Crippen LogP contribution in [0.5, 0.6) is 0 Å². The fourth-order valence-electron chi connectivity index (χ4n) is 1.83. The minimum absolute atomic E-state index is 0.427. The molecule has 2 rings (SSSR count). The lowest BCUT2D eigenvalue weighted by Crippen LogP contribution is -2.50. The summed E-state index contributed by atoms with van der Waals surface area (Å²) < 4.78 is 11.3. The molecule has 96 valence electrons. The summed E-state index contributed by atoms with van der Waals surface area (Å²) in [6.45, 7) is 0.429. The van der Waals surface area contributed by atoms with Crippen molar-refractivity contribution in [2.24, 2.45) is 5.73 Å². The topological polar surface area (TPSA) is 44.5 Å². The van der Waals surface area contributed by atoms with E-state index in [1.807, 2.05) is 30.3 Å². The van der Waals surface area contributed by atoms with Gasteiger partial charge in [0.15, 0.2) is 0 Å². The quantitative estimate of drug-likeness (QED) is 0.851. The highest BCUT2D eigenvalue weighted by Crippen LogP contribution is 2.27. The largest absolute Gasteiger partial charge is 0.348 e. The van der Waals surface area contributed by atoms with Crippen LogP contribution in [0.3, 0.4) is 0 Å². The molecule has 4 heteroatoms. The Morgan fingerprint density at radius 1 is 1.33 bits per heavy atom. The lowest BCUT2D eigenvalue weighted by molar-refractivity contribution is -0.201. The predicted octanol–water partition coefficient (Wildman–Crippen LogP) is 2.57. The summed E-state index contributed by atoms with van der Waals surface area (Å²) in [5, 5.41) is 0.596. The Hall–Kier alpha value is -1.13. The monoisotopic (exact) mass is 265 g/mol. The van der Waals surface area contributed by atoms with Gasteiger partial charge in [-0.2, -0.15) is 0 Å². The summed E-state index contributed by atoms with van der Waals surface area (Å²) in [5.74, 6) is -0.950. The molecule has 0 bridgehead atoms.